The van der Waals surface area contributed by atoms with Crippen LogP contribution < -0.4 is 0 Å². The quantitative estimate of drug-likeness (QED) is 0.280. The summed E-state index contributed by atoms with van der Waals surface area (Å²) < 4.78 is 7.35. The van der Waals surface area contributed by atoms with Gasteiger partial charge in [-0.2, -0.15) is 0 Å². The summed E-state index contributed by atoms with van der Waals surface area (Å²) in [7, 11) is 0. The summed E-state index contributed by atoms with van der Waals surface area (Å²) in [5, 5.41) is 7.89. The minimum atomic E-state index is 0.0169. The Hall–Kier alpha value is -3.24. The van der Waals surface area contributed by atoms with Gasteiger partial charge in [0.25, 0.3) is 0 Å². The molecule has 0 aliphatic rings. The fourth-order valence-electron chi connectivity index (χ4n) is 4.35. The van der Waals surface area contributed by atoms with E-state index in [0.717, 1.165) is 27.6 Å². The Morgan fingerprint density at radius 1 is 0.867 bits per heavy atom. The number of fused-ring (bicyclic) bond motifs is 5. The number of hydrogen-bond acceptors (Lipinski definition) is 4. The van der Waals surface area contributed by atoms with Crippen LogP contribution in [0.25, 0.3) is 54.2 Å². The first-order chi connectivity index (χ1) is 14.5. The third-order valence-corrected chi connectivity index (χ3v) is 6.67. The molecule has 3 aromatic carbocycles. The molecule has 3 aromatic heterocycles. The van der Waals surface area contributed by atoms with Gasteiger partial charge in [-0.05, 0) is 62.8 Å². The summed E-state index contributed by atoms with van der Waals surface area (Å²) in [6.07, 6.45) is 1.61. The van der Waals surface area contributed by atoms with Gasteiger partial charge in [-0.3, -0.25) is 0 Å². The van der Waals surface area contributed by atoms with Gasteiger partial charge in [-0.15, -0.1) is 11.3 Å². The highest BCUT2D eigenvalue weighted by molar-refractivity contribution is 7.17. The van der Waals surface area contributed by atoms with Gasteiger partial charge in [0.2, 0.25) is 5.71 Å². The molecule has 6 aromatic rings. The maximum atomic E-state index is 6.13. The highest BCUT2D eigenvalue weighted by Crippen LogP contribution is 2.40. The van der Waals surface area contributed by atoms with E-state index in [1.807, 2.05) is 0 Å². The molecule has 0 atom stereocenters. The third-order valence-electron chi connectivity index (χ3n) is 5.79. The summed E-state index contributed by atoms with van der Waals surface area (Å²) in [6.45, 7) is 6.78. The van der Waals surface area contributed by atoms with E-state index in [-0.39, 0.29) is 5.41 Å². The highest BCUT2D eigenvalue weighted by Gasteiger charge is 2.21. The minimum absolute atomic E-state index is 0.0169. The summed E-state index contributed by atoms with van der Waals surface area (Å²) in [5.41, 5.74) is 4.85. The number of benzene rings is 3. The fraction of sp³-hybridized carbons (Fsp3) is 0.154. The van der Waals surface area contributed by atoms with Gasteiger partial charge in [0, 0.05) is 15.6 Å². The van der Waals surface area contributed by atoms with Crippen LogP contribution in [0, 0.1) is 0 Å². The van der Waals surface area contributed by atoms with Crippen LogP contribution in [0.5, 0.6) is 0 Å². The predicted molar refractivity (Wildman–Crippen MR) is 126 cm³/mol. The van der Waals surface area contributed by atoms with Gasteiger partial charge < -0.3 is 4.42 Å². The van der Waals surface area contributed by atoms with Crippen LogP contribution in [0.3, 0.4) is 0 Å². The van der Waals surface area contributed by atoms with Crippen molar-refractivity contribution >= 4 is 54.3 Å². The molecule has 0 saturated carbocycles. The molecule has 30 heavy (non-hydrogen) atoms. The van der Waals surface area contributed by atoms with E-state index in [0.29, 0.717) is 5.71 Å². The first-order valence-corrected chi connectivity index (χ1v) is 11.0. The molecule has 0 amide bonds. The molecule has 0 bridgehead atoms. The van der Waals surface area contributed by atoms with E-state index < -0.39 is 0 Å². The highest BCUT2D eigenvalue weighted by atomic mass is 32.1. The van der Waals surface area contributed by atoms with Crippen LogP contribution in [-0.2, 0) is 5.41 Å². The van der Waals surface area contributed by atoms with Crippen LogP contribution >= 0.6 is 11.3 Å². The maximum absolute atomic E-state index is 6.13. The number of hydrogen-bond donors (Lipinski definition) is 0. The van der Waals surface area contributed by atoms with Crippen LogP contribution in [-0.4, -0.2) is 9.97 Å². The number of aromatic nitrogens is 2. The first kappa shape index (κ1) is 17.6. The molecule has 146 valence electrons. The third kappa shape index (κ3) is 2.57. The standard InChI is InChI=1S/C26H20N2OS/c1-26(2,3)20-12-17(10-15-6-4-5-7-18(15)20)24-23-19-11-16-8-9-30-22(16)13-21(19)29-25(23)28-14-27-24/h4-14H,1-3H3. The van der Waals surface area contributed by atoms with Gasteiger partial charge in [0.15, 0.2) is 0 Å². The fourth-order valence-corrected chi connectivity index (χ4v) is 5.15. The van der Waals surface area contributed by atoms with Gasteiger partial charge >= 0.3 is 0 Å². The van der Waals surface area contributed by atoms with Crippen LogP contribution in [0.15, 0.2) is 70.7 Å². The van der Waals surface area contributed by atoms with Gasteiger partial charge in [-0.25, -0.2) is 9.97 Å². The number of nitrogens with zero attached hydrogens (tertiary/aromatic N) is 2. The summed E-state index contributed by atoms with van der Waals surface area (Å²) >= 11 is 1.72. The Kier molecular flexibility index (Phi) is 3.60. The summed E-state index contributed by atoms with van der Waals surface area (Å²) in [6, 6.07) is 19.6. The zero-order valence-electron chi connectivity index (χ0n) is 17.1. The lowest BCUT2D eigenvalue weighted by Gasteiger charge is -2.22. The zero-order chi connectivity index (χ0) is 20.5. The van der Waals surface area contributed by atoms with E-state index in [4.69, 9.17) is 9.40 Å². The van der Waals surface area contributed by atoms with Gasteiger partial charge in [-0.1, -0.05) is 45.0 Å². The van der Waals surface area contributed by atoms with Crippen LogP contribution in [0.4, 0.5) is 0 Å². The SMILES string of the molecule is CC(C)(C)c1cc(-c2ncnc3oc4cc5sccc5cc4c23)cc2ccccc12. The molecule has 0 fully saturated rings. The lowest BCUT2D eigenvalue weighted by molar-refractivity contribution is 0.596. The second-order valence-electron chi connectivity index (χ2n) is 8.81. The van der Waals surface area contributed by atoms with Crippen molar-refractivity contribution in [1.82, 2.24) is 9.97 Å². The Balaban J connectivity index is 1.72. The minimum Gasteiger partial charge on any atom is -0.438 e. The second kappa shape index (κ2) is 6.13. The van der Waals surface area contributed by atoms with E-state index >= 15 is 0 Å². The Labute approximate surface area is 178 Å². The average molecular weight is 409 g/mol. The molecule has 0 radical (unpaired) electrons. The van der Waals surface area contributed by atoms with E-state index in [2.05, 4.69) is 85.7 Å². The van der Waals surface area contributed by atoms with Crippen molar-refractivity contribution in [3.63, 3.8) is 0 Å². The van der Waals surface area contributed by atoms with Crippen molar-refractivity contribution in [2.45, 2.75) is 26.2 Å². The average Bonchev–Trinajstić information content (AvgIpc) is 3.33. The zero-order valence-corrected chi connectivity index (χ0v) is 17.9. The lowest BCUT2D eigenvalue weighted by atomic mass is 9.82. The van der Waals surface area contributed by atoms with Gasteiger partial charge in [0.05, 0.1) is 11.1 Å². The molecule has 3 heterocycles. The maximum Gasteiger partial charge on any atom is 0.230 e. The van der Waals surface area contributed by atoms with Crippen LogP contribution in [0.1, 0.15) is 26.3 Å². The lowest BCUT2D eigenvalue weighted by Crippen LogP contribution is -2.12. The molecule has 0 spiro atoms. The number of thiophene rings is 1. The largest absolute Gasteiger partial charge is 0.438 e. The van der Waals surface area contributed by atoms with E-state index in [9.17, 15) is 0 Å². The Morgan fingerprint density at radius 2 is 1.73 bits per heavy atom. The molecule has 0 aliphatic heterocycles. The summed E-state index contributed by atoms with van der Waals surface area (Å²) in [5.74, 6) is 0. The molecule has 0 N–H and O–H groups in total. The van der Waals surface area contributed by atoms with Crippen molar-refractivity contribution < 1.29 is 4.42 Å². The van der Waals surface area contributed by atoms with Crippen molar-refractivity contribution in [3.8, 4) is 11.3 Å². The molecule has 3 nitrogen and oxygen atoms in total. The molecule has 0 saturated heterocycles. The smallest absolute Gasteiger partial charge is 0.230 e. The number of rotatable bonds is 1. The molecule has 4 heteroatoms. The monoisotopic (exact) mass is 408 g/mol. The van der Waals surface area contributed by atoms with Crippen LogP contribution in [0.2, 0.25) is 0 Å². The van der Waals surface area contributed by atoms with E-state index in [1.54, 1.807) is 17.7 Å². The van der Waals surface area contributed by atoms with Crippen molar-refractivity contribution in [3.05, 3.63) is 71.9 Å². The van der Waals surface area contributed by atoms with Crippen molar-refractivity contribution in [2.24, 2.45) is 0 Å². The predicted octanol–water partition coefficient (Wildman–Crippen LogP) is 7.71. The normalized spacial score (nSPS) is 12.5. The molecule has 0 unspecified atom stereocenters. The first-order valence-electron chi connectivity index (χ1n) is 10.1. The molecular weight excluding hydrogens is 388 g/mol. The Bertz CT molecular complexity index is 1580. The van der Waals surface area contributed by atoms with E-state index in [1.165, 1.54) is 26.4 Å². The molecular formula is C26H20N2OS. The second-order valence-corrected chi connectivity index (χ2v) is 9.75. The Morgan fingerprint density at radius 3 is 2.60 bits per heavy atom. The van der Waals surface area contributed by atoms with Gasteiger partial charge in [0.1, 0.15) is 11.9 Å². The number of furan rings is 1. The molecule has 6 rings (SSSR count). The topological polar surface area (TPSA) is 38.9 Å². The van der Waals surface area contributed by atoms with Crippen molar-refractivity contribution in [2.75, 3.05) is 0 Å². The van der Waals surface area contributed by atoms with Crippen molar-refractivity contribution in [1.29, 1.82) is 0 Å². The summed E-state index contributed by atoms with van der Waals surface area (Å²) in [4.78, 5) is 9.17. The molecule has 0 aliphatic carbocycles.